The average Bonchev–Trinajstić information content (AvgIpc) is 2.45. The molecule has 0 aromatic carbocycles. The van der Waals surface area contributed by atoms with Crippen molar-refractivity contribution in [1.82, 2.24) is 15.1 Å². The quantitative estimate of drug-likeness (QED) is 0.911. The molecule has 4 nitrogen and oxygen atoms in total. The molecule has 5 heteroatoms. The van der Waals surface area contributed by atoms with E-state index in [0.29, 0.717) is 0 Å². The van der Waals surface area contributed by atoms with Crippen LogP contribution in [0.5, 0.6) is 0 Å². The van der Waals surface area contributed by atoms with Gasteiger partial charge in [-0.05, 0) is 36.2 Å². The zero-order valence-electron chi connectivity index (χ0n) is 9.25. The molecule has 0 aliphatic heterocycles. The first-order valence-corrected chi connectivity index (χ1v) is 5.81. The summed E-state index contributed by atoms with van der Waals surface area (Å²) < 4.78 is 2.57. The van der Waals surface area contributed by atoms with Crippen LogP contribution >= 0.6 is 15.9 Å². The van der Waals surface area contributed by atoms with Gasteiger partial charge in [0, 0.05) is 12.2 Å². The molecule has 0 saturated heterocycles. The fourth-order valence-electron chi connectivity index (χ4n) is 1.14. The molecule has 0 aliphatic carbocycles. The van der Waals surface area contributed by atoms with Crippen molar-refractivity contribution in [2.75, 3.05) is 0 Å². The van der Waals surface area contributed by atoms with E-state index < -0.39 is 0 Å². The molecule has 1 amide bonds. The summed E-state index contributed by atoms with van der Waals surface area (Å²) in [7, 11) is 0. The van der Waals surface area contributed by atoms with E-state index in [1.807, 2.05) is 27.0 Å². The first kappa shape index (κ1) is 12.2. The Labute approximate surface area is 98.2 Å². The number of amides is 1. The highest BCUT2D eigenvalue weighted by atomic mass is 79.9. The summed E-state index contributed by atoms with van der Waals surface area (Å²) in [5.74, 6) is -0.000602. The van der Waals surface area contributed by atoms with E-state index in [-0.39, 0.29) is 18.5 Å². The molecule has 1 atom stereocenters. The third-order valence-electron chi connectivity index (χ3n) is 2.21. The van der Waals surface area contributed by atoms with Crippen LogP contribution in [0.2, 0.25) is 0 Å². The monoisotopic (exact) mass is 273 g/mol. The van der Waals surface area contributed by atoms with Crippen molar-refractivity contribution in [2.24, 2.45) is 0 Å². The van der Waals surface area contributed by atoms with Gasteiger partial charge in [-0.2, -0.15) is 5.10 Å². The van der Waals surface area contributed by atoms with Gasteiger partial charge in [-0.15, -0.1) is 0 Å². The summed E-state index contributed by atoms with van der Waals surface area (Å²) in [6.45, 7) is 6.20. The van der Waals surface area contributed by atoms with E-state index in [4.69, 9.17) is 0 Å². The van der Waals surface area contributed by atoms with Gasteiger partial charge in [0.1, 0.15) is 6.54 Å². The number of nitrogens with one attached hydrogen (secondary N) is 1. The molecule has 0 spiro atoms. The van der Waals surface area contributed by atoms with Gasteiger partial charge in [-0.1, -0.05) is 6.92 Å². The van der Waals surface area contributed by atoms with Crippen molar-refractivity contribution in [3.8, 4) is 0 Å². The van der Waals surface area contributed by atoms with E-state index >= 15 is 0 Å². The standard InChI is InChI=1S/C10H16BrN3O/c1-4-7(2)12-10(15)6-14-5-9(11)8(3)13-14/h5,7H,4,6H2,1-3H3,(H,12,15). The van der Waals surface area contributed by atoms with Crippen molar-refractivity contribution < 1.29 is 4.79 Å². The minimum Gasteiger partial charge on any atom is -0.352 e. The van der Waals surface area contributed by atoms with Crippen LogP contribution in [0.15, 0.2) is 10.7 Å². The second kappa shape index (κ2) is 5.30. The van der Waals surface area contributed by atoms with Crippen LogP contribution in [0, 0.1) is 6.92 Å². The van der Waals surface area contributed by atoms with Gasteiger partial charge in [0.15, 0.2) is 0 Å². The molecule has 0 bridgehead atoms. The molecule has 1 aromatic heterocycles. The summed E-state index contributed by atoms with van der Waals surface area (Å²) >= 11 is 3.36. The molecule has 0 aliphatic rings. The predicted octanol–water partition coefficient (Wildman–Crippen LogP) is 1.87. The summed E-state index contributed by atoms with van der Waals surface area (Å²) in [6.07, 6.45) is 2.75. The Morgan fingerprint density at radius 3 is 2.87 bits per heavy atom. The minimum absolute atomic E-state index is 0.000602. The molecule has 0 saturated carbocycles. The Balaban J connectivity index is 2.51. The number of aromatic nitrogens is 2. The highest BCUT2D eigenvalue weighted by Gasteiger charge is 2.08. The van der Waals surface area contributed by atoms with Crippen molar-refractivity contribution in [2.45, 2.75) is 39.8 Å². The first-order valence-electron chi connectivity index (χ1n) is 5.01. The maximum absolute atomic E-state index is 11.5. The largest absolute Gasteiger partial charge is 0.352 e. The predicted molar refractivity (Wildman–Crippen MR) is 62.6 cm³/mol. The summed E-state index contributed by atoms with van der Waals surface area (Å²) in [6, 6.07) is 0.220. The van der Waals surface area contributed by atoms with Crippen LogP contribution in [0.1, 0.15) is 26.0 Å². The first-order chi connectivity index (χ1) is 7.02. The highest BCUT2D eigenvalue weighted by molar-refractivity contribution is 9.10. The van der Waals surface area contributed by atoms with Crippen molar-refractivity contribution >= 4 is 21.8 Å². The molecule has 1 rings (SSSR count). The van der Waals surface area contributed by atoms with Crippen LogP contribution < -0.4 is 5.32 Å². The van der Waals surface area contributed by atoms with E-state index in [2.05, 4.69) is 26.3 Å². The zero-order valence-corrected chi connectivity index (χ0v) is 10.8. The Morgan fingerprint density at radius 2 is 2.40 bits per heavy atom. The molecular formula is C10H16BrN3O. The Bertz CT molecular complexity index is 329. The second-order valence-corrected chi connectivity index (χ2v) is 4.49. The SMILES string of the molecule is CCC(C)NC(=O)Cn1cc(Br)c(C)n1. The fraction of sp³-hybridized carbons (Fsp3) is 0.600. The number of hydrogen-bond acceptors (Lipinski definition) is 2. The van der Waals surface area contributed by atoms with Gasteiger partial charge >= 0.3 is 0 Å². The van der Waals surface area contributed by atoms with E-state index in [0.717, 1.165) is 16.6 Å². The third kappa shape index (κ3) is 3.66. The number of hydrogen-bond donors (Lipinski definition) is 1. The van der Waals surface area contributed by atoms with Crippen molar-refractivity contribution in [3.05, 3.63) is 16.4 Å². The van der Waals surface area contributed by atoms with Gasteiger partial charge in [-0.25, -0.2) is 0 Å². The minimum atomic E-state index is -0.000602. The lowest BCUT2D eigenvalue weighted by Gasteiger charge is -2.10. The van der Waals surface area contributed by atoms with Gasteiger partial charge in [-0.3, -0.25) is 9.48 Å². The number of halogens is 1. The van der Waals surface area contributed by atoms with Crippen LogP contribution in [0.4, 0.5) is 0 Å². The molecule has 15 heavy (non-hydrogen) atoms. The van der Waals surface area contributed by atoms with Gasteiger partial charge in [0.05, 0.1) is 10.2 Å². The molecule has 84 valence electrons. The molecular weight excluding hydrogens is 258 g/mol. The average molecular weight is 274 g/mol. The van der Waals surface area contributed by atoms with Crippen molar-refractivity contribution in [1.29, 1.82) is 0 Å². The van der Waals surface area contributed by atoms with Gasteiger partial charge < -0.3 is 5.32 Å². The van der Waals surface area contributed by atoms with Crippen LogP contribution in [0.3, 0.4) is 0 Å². The Hall–Kier alpha value is -0.840. The number of aryl methyl sites for hydroxylation is 1. The lowest BCUT2D eigenvalue weighted by molar-refractivity contribution is -0.122. The zero-order chi connectivity index (χ0) is 11.4. The normalized spacial score (nSPS) is 12.5. The van der Waals surface area contributed by atoms with Crippen LogP contribution in [0.25, 0.3) is 0 Å². The smallest absolute Gasteiger partial charge is 0.241 e. The second-order valence-electron chi connectivity index (χ2n) is 3.64. The van der Waals surface area contributed by atoms with E-state index in [1.165, 1.54) is 0 Å². The number of rotatable bonds is 4. The number of nitrogens with zero attached hydrogens (tertiary/aromatic N) is 2. The van der Waals surface area contributed by atoms with Crippen molar-refractivity contribution in [3.63, 3.8) is 0 Å². The summed E-state index contributed by atoms with van der Waals surface area (Å²) in [5.41, 5.74) is 0.895. The summed E-state index contributed by atoms with van der Waals surface area (Å²) in [5, 5.41) is 7.08. The van der Waals surface area contributed by atoms with Gasteiger partial charge in [0.25, 0.3) is 0 Å². The number of carbonyl (C=O) groups excluding carboxylic acids is 1. The molecule has 1 heterocycles. The van der Waals surface area contributed by atoms with E-state index in [1.54, 1.807) is 4.68 Å². The Morgan fingerprint density at radius 1 is 1.73 bits per heavy atom. The highest BCUT2D eigenvalue weighted by Crippen LogP contribution is 2.12. The third-order valence-corrected chi connectivity index (χ3v) is 2.99. The molecule has 1 aromatic rings. The molecule has 1 N–H and O–H groups in total. The summed E-state index contributed by atoms with van der Waals surface area (Å²) in [4.78, 5) is 11.5. The lowest BCUT2D eigenvalue weighted by Crippen LogP contribution is -2.34. The van der Waals surface area contributed by atoms with E-state index in [9.17, 15) is 4.79 Å². The fourth-order valence-corrected chi connectivity index (χ4v) is 1.46. The molecule has 0 fully saturated rings. The Kier molecular flexibility index (Phi) is 4.32. The molecule has 0 radical (unpaired) electrons. The molecule has 1 unspecified atom stereocenters. The maximum Gasteiger partial charge on any atom is 0.241 e. The lowest BCUT2D eigenvalue weighted by atomic mass is 10.2. The van der Waals surface area contributed by atoms with Gasteiger partial charge in [0.2, 0.25) is 5.91 Å². The topological polar surface area (TPSA) is 46.9 Å². The van der Waals surface area contributed by atoms with Crippen LogP contribution in [-0.4, -0.2) is 21.7 Å². The van der Waals surface area contributed by atoms with Crippen LogP contribution in [-0.2, 0) is 11.3 Å². The maximum atomic E-state index is 11.5. The number of carbonyl (C=O) groups is 1.